The van der Waals surface area contributed by atoms with Crippen LogP contribution in [-0.4, -0.2) is 14.8 Å². The van der Waals surface area contributed by atoms with Gasteiger partial charge in [0.25, 0.3) is 0 Å². The van der Waals surface area contributed by atoms with Crippen molar-refractivity contribution in [3.63, 3.8) is 0 Å². The van der Waals surface area contributed by atoms with Crippen molar-refractivity contribution < 1.29 is 4.74 Å². The number of fused-ring (bicyclic) bond motifs is 6. The summed E-state index contributed by atoms with van der Waals surface area (Å²) >= 11 is 0. The average Bonchev–Trinajstić information content (AvgIpc) is 2.79. The number of nitrogens with zero attached hydrogens (tertiary/aromatic N) is 3. The van der Waals surface area contributed by atoms with Crippen LogP contribution in [0.3, 0.4) is 0 Å². The second-order valence-electron chi connectivity index (χ2n) is 5.21. The number of hydrogen-bond donors (Lipinski definition) is 1. The van der Waals surface area contributed by atoms with Gasteiger partial charge in [-0.05, 0) is 19.9 Å². The zero-order chi connectivity index (χ0) is 12.3. The van der Waals surface area contributed by atoms with Crippen molar-refractivity contribution in [2.24, 2.45) is 0 Å². The molecule has 0 fully saturated rings. The summed E-state index contributed by atoms with van der Waals surface area (Å²) in [6.45, 7) is 4.15. The lowest BCUT2D eigenvalue weighted by atomic mass is 9.91. The Balaban J connectivity index is 1.91. The maximum absolute atomic E-state index is 6.15. The van der Waals surface area contributed by atoms with Gasteiger partial charge in [0, 0.05) is 12.0 Å². The molecule has 0 amide bonds. The third-order valence-corrected chi connectivity index (χ3v) is 3.75. The summed E-state index contributed by atoms with van der Waals surface area (Å²) in [6, 6.07) is 6.54. The van der Waals surface area contributed by atoms with Gasteiger partial charge < -0.3 is 10.1 Å². The molecule has 0 radical (unpaired) electrons. The molecule has 2 aliphatic heterocycles. The van der Waals surface area contributed by atoms with Crippen molar-refractivity contribution in [2.75, 3.05) is 5.32 Å². The van der Waals surface area contributed by atoms with E-state index in [4.69, 9.17) is 4.74 Å². The lowest BCUT2D eigenvalue weighted by molar-refractivity contribution is -0.0346. The predicted molar refractivity (Wildman–Crippen MR) is 66.5 cm³/mol. The Kier molecular flexibility index (Phi) is 1.68. The summed E-state index contributed by atoms with van der Waals surface area (Å²) < 4.78 is 7.98. The van der Waals surface area contributed by atoms with Crippen LogP contribution in [-0.2, 0) is 5.72 Å². The van der Waals surface area contributed by atoms with Crippen LogP contribution in [0.5, 0.6) is 5.75 Å². The fraction of sp³-hybridized carbons (Fsp3) is 0.385. The summed E-state index contributed by atoms with van der Waals surface area (Å²) in [5.41, 5.74) is 2.01. The van der Waals surface area contributed by atoms with E-state index >= 15 is 0 Å². The van der Waals surface area contributed by atoms with Crippen LogP contribution in [0.15, 0.2) is 24.5 Å². The fourth-order valence-corrected chi connectivity index (χ4v) is 2.90. The van der Waals surface area contributed by atoms with Crippen LogP contribution in [0.4, 0.5) is 5.95 Å². The van der Waals surface area contributed by atoms with Gasteiger partial charge in [0.1, 0.15) is 12.1 Å². The number of ether oxygens (including phenoxy) is 1. The monoisotopic (exact) mass is 242 g/mol. The minimum Gasteiger partial charge on any atom is -0.466 e. The summed E-state index contributed by atoms with van der Waals surface area (Å²) in [7, 11) is 0. The zero-order valence-electron chi connectivity index (χ0n) is 10.3. The Morgan fingerprint density at radius 1 is 1.50 bits per heavy atom. The van der Waals surface area contributed by atoms with E-state index in [2.05, 4.69) is 41.4 Å². The van der Waals surface area contributed by atoms with Gasteiger partial charge in [-0.2, -0.15) is 14.8 Å². The number of benzene rings is 1. The lowest BCUT2D eigenvalue weighted by Gasteiger charge is -2.44. The maximum Gasteiger partial charge on any atom is 0.225 e. The highest BCUT2D eigenvalue weighted by Gasteiger charge is 2.45. The molecule has 3 heterocycles. The number of rotatable bonds is 0. The van der Waals surface area contributed by atoms with Crippen LogP contribution in [0.25, 0.3) is 0 Å². The summed E-state index contributed by atoms with van der Waals surface area (Å²) in [5, 5.41) is 7.68. The van der Waals surface area contributed by atoms with Gasteiger partial charge in [-0.3, -0.25) is 0 Å². The topological polar surface area (TPSA) is 52.0 Å². The van der Waals surface area contributed by atoms with E-state index in [-0.39, 0.29) is 6.04 Å². The second-order valence-corrected chi connectivity index (χ2v) is 5.21. The van der Waals surface area contributed by atoms with E-state index in [1.54, 1.807) is 6.33 Å². The molecule has 2 atom stereocenters. The standard InChI is InChI=1S/C13H14N4O/c1-8-3-4-11-9(5-8)10-6-13(2,18-11)17-12(16-10)14-7-15-17/h3-5,7,10H,6H2,1-2H3,(H,14,15,16). The zero-order valence-corrected chi connectivity index (χ0v) is 10.3. The van der Waals surface area contributed by atoms with Gasteiger partial charge in [0.15, 0.2) is 0 Å². The molecule has 0 saturated heterocycles. The quantitative estimate of drug-likeness (QED) is 0.769. The fourth-order valence-electron chi connectivity index (χ4n) is 2.90. The summed E-state index contributed by atoms with van der Waals surface area (Å²) in [5.74, 6) is 1.72. The van der Waals surface area contributed by atoms with Crippen LogP contribution in [0.1, 0.15) is 30.5 Å². The molecule has 0 aliphatic carbocycles. The van der Waals surface area contributed by atoms with Crippen LogP contribution >= 0.6 is 0 Å². The Labute approximate surface area is 105 Å². The first-order valence-corrected chi connectivity index (χ1v) is 6.12. The molecule has 92 valence electrons. The molecule has 4 rings (SSSR count). The molecular weight excluding hydrogens is 228 g/mol. The van der Waals surface area contributed by atoms with Crippen molar-refractivity contribution >= 4 is 5.95 Å². The minimum absolute atomic E-state index is 0.246. The summed E-state index contributed by atoms with van der Waals surface area (Å²) in [4.78, 5) is 4.24. The van der Waals surface area contributed by atoms with Crippen molar-refractivity contribution in [3.8, 4) is 5.75 Å². The first-order valence-electron chi connectivity index (χ1n) is 6.12. The van der Waals surface area contributed by atoms with E-state index in [0.29, 0.717) is 0 Å². The van der Waals surface area contributed by atoms with E-state index in [1.807, 2.05) is 10.7 Å². The molecule has 5 heteroatoms. The highest BCUT2D eigenvalue weighted by atomic mass is 16.5. The Morgan fingerprint density at radius 3 is 3.28 bits per heavy atom. The van der Waals surface area contributed by atoms with E-state index in [9.17, 15) is 0 Å². The van der Waals surface area contributed by atoms with E-state index in [0.717, 1.165) is 18.1 Å². The van der Waals surface area contributed by atoms with Crippen molar-refractivity contribution in [1.82, 2.24) is 14.8 Å². The molecule has 5 nitrogen and oxygen atoms in total. The SMILES string of the molecule is Cc1ccc2c(c1)C1CC(C)(O2)n2ncnc2N1. The van der Waals surface area contributed by atoms with Crippen molar-refractivity contribution in [3.05, 3.63) is 35.7 Å². The number of nitrogens with one attached hydrogen (secondary N) is 1. The van der Waals surface area contributed by atoms with Crippen molar-refractivity contribution in [2.45, 2.75) is 32.0 Å². The molecule has 18 heavy (non-hydrogen) atoms. The van der Waals surface area contributed by atoms with E-state index < -0.39 is 5.72 Å². The Hall–Kier alpha value is -2.04. The van der Waals surface area contributed by atoms with Gasteiger partial charge in [-0.15, -0.1) is 0 Å². The van der Waals surface area contributed by atoms with Gasteiger partial charge in [0.05, 0.1) is 6.04 Å². The molecular formula is C13H14N4O. The third kappa shape index (κ3) is 1.16. The Morgan fingerprint density at radius 2 is 2.39 bits per heavy atom. The molecule has 2 bridgehead atoms. The first kappa shape index (κ1) is 9.94. The number of aromatic nitrogens is 3. The normalized spacial score (nSPS) is 27.8. The summed E-state index contributed by atoms with van der Waals surface area (Å²) in [6.07, 6.45) is 2.42. The molecule has 2 aliphatic rings. The molecule has 1 aromatic heterocycles. The van der Waals surface area contributed by atoms with Gasteiger partial charge in [-0.25, -0.2) is 0 Å². The largest absolute Gasteiger partial charge is 0.466 e. The van der Waals surface area contributed by atoms with Crippen LogP contribution < -0.4 is 10.1 Å². The number of aryl methyl sites for hydroxylation is 1. The van der Waals surface area contributed by atoms with Gasteiger partial charge in [0.2, 0.25) is 11.7 Å². The lowest BCUT2D eigenvalue weighted by Crippen LogP contribution is -2.47. The molecule has 2 aromatic rings. The highest BCUT2D eigenvalue weighted by Crippen LogP contribution is 2.46. The van der Waals surface area contributed by atoms with Gasteiger partial charge in [-0.1, -0.05) is 17.7 Å². The highest BCUT2D eigenvalue weighted by molar-refractivity contribution is 5.47. The predicted octanol–water partition coefficient (Wildman–Crippen LogP) is 2.21. The second kappa shape index (κ2) is 3.04. The number of hydrogen-bond acceptors (Lipinski definition) is 4. The first-order chi connectivity index (χ1) is 8.66. The van der Waals surface area contributed by atoms with Crippen LogP contribution in [0.2, 0.25) is 0 Å². The maximum atomic E-state index is 6.15. The average molecular weight is 242 g/mol. The molecule has 0 spiro atoms. The van der Waals surface area contributed by atoms with Crippen molar-refractivity contribution in [1.29, 1.82) is 0 Å². The molecule has 1 N–H and O–H groups in total. The molecule has 0 saturated carbocycles. The molecule has 2 unspecified atom stereocenters. The molecule has 1 aromatic carbocycles. The Bertz CT molecular complexity index is 636. The number of anilines is 1. The van der Waals surface area contributed by atoms with Crippen LogP contribution in [0, 0.1) is 6.92 Å². The van der Waals surface area contributed by atoms with E-state index in [1.165, 1.54) is 11.1 Å². The third-order valence-electron chi connectivity index (χ3n) is 3.75. The minimum atomic E-state index is -0.440. The van der Waals surface area contributed by atoms with Gasteiger partial charge >= 0.3 is 0 Å². The smallest absolute Gasteiger partial charge is 0.225 e.